The van der Waals surface area contributed by atoms with Crippen LogP contribution in [0.15, 0.2) is 28.4 Å². The van der Waals surface area contributed by atoms with Gasteiger partial charge in [-0.05, 0) is 17.9 Å². The number of ether oxygens (including phenoxy) is 1. The smallest absolute Gasteiger partial charge is 0.272 e. The maximum atomic E-state index is 12.1. The molecular weight excluding hydrogens is 352 g/mol. The van der Waals surface area contributed by atoms with Gasteiger partial charge >= 0.3 is 0 Å². The molecule has 0 spiro atoms. The predicted octanol–water partition coefficient (Wildman–Crippen LogP) is 2.98. The van der Waals surface area contributed by atoms with Crippen LogP contribution in [0.5, 0.6) is 5.88 Å². The molecular formula is C15H13F2N5O2S. The molecule has 1 unspecified atom stereocenters. The highest BCUT2D eigenvalue weighted by atomic mass is 32.1. The highest BCUT2D eigenvalue weighted by molar-refractivity contribution is 7.10. The Hall–Kier alpha value is -2.62. The lowest BCUT2D eigenvalue weighted by atomic mass is 10.0. The molecule has 0 fully saturated rings. The van der Waals surface area contributed by atoms with Crippen molar-refractivity contribution in [3.8, 4) is 17.4 Å². The fourth-order valence-electron chi connectivity index (χ4n) is 2.52. The maximum absolute atomic E-state index is 12.1. The Kier molecular flexibility index (Phi) is 4.26. The zero-order valence-electron chi connectivity index (χ0n) is 12.9. The molecule has 0 saturated carbocycles. The van der Waals surface area contributed by atoms with Gasteiger partial charge in [0.05, 0.1) is 18.3 Å². The third kappa shape index (κ3) is 3.43. The van der Waals surface area contributed by atoms with Gasteiger partial charge in [-0.25, -0.2) is 18.7 Å². The van der Waals surface area contributed by atoms with Crippen molar-refractivity contribution < 1.29 is 18.0 Å². The number of rotatable bonds is 5. The van der Waals surface area contributed by atoms with Gasteiger partial charge in [0.25, 0.3) is 6.43 Å². The summed E-state index contributed by atoms with van der Waals surface area (Å²) < 4.78 is 34.4. The van der Waals surface area contributed by atoms with E-state index < -0.39 is 13.0 Å². The summed E-state index contributed by atoms with van der Waals surface area (Å²) in [4.78, 5) is 13.7. The average molecular weight is 365 g/mol. The van der Waals surface area contributed by atoms with E-state index in [1.54, 1.807) is 11.3 Å². The van der Waals surface area contributed by atoms with Gasteiger partial charge in [-0.1, -0.05) is 5.16 Å². The Balaban J connectivity index is 1.46. The van der Waals surface area contributed by atoms with Crippen molar-refractivity contribution in [3.05, 3.63) is 34.6 Å². The molecule has 0 aliphatic carbocycles. The molecule has 0 bridgehead atoms. The largest absolute Gasteiger partial charge is 0.470 e. The lowest BCUT2D eigenvalue weighted by Gasteiger charge is -2.20. The quantitative estimate of drug-likeness (QED) is 0.744. The number of nitrogens with zero attached hydrogens (tertiary/aromatic N) is 4. The first-order valence-corrected chi connectivity index (χ1v) is 8.44. The van der Waals surface area contributed by atoms with Crippen molar-refractivity contribution in [1.29, 1.82) is 0 Å². The predicted molar refractivity (Wildman–Crippen MR) is 86.1 cm³/mol. The van der Waals surface area contributed by atoms with Crippen LogP contribution in [-0.4, -0.2) is 39.7 Å². The Bertz CT molecular complexity index is 852. The van der Waals surface area contributed by atoms with Gasteiger partial charge in [0.15, 0.2) is 6.61 Å². The standard InChI is InChI=1S/C15H13F2N5O2S/c16-12(17)7-23-13-6-19-10(5-20-13)14-21-15(24-22-14)8-3-11-9(18-4-8)1-2-25-11/h1-2,5-6,8,12,18H,3-4,7H2. The zero-order chi connectivity index (χ0) is 17.2. The van der Waals surface area contributed by atoms with Crippen molar-refractivity contribution in [1.82, 2.24) is 20.1 Å². The first-order valence-electron chi connectivity index (χ1n) is 7.56. The molecule has 0 aromatic carbocycles. The van der Waals surface area contributed by atoms with E-state index in [0.29, 0.717) is 17.4 Å². The number of anilines is 1. The summed E-state index contributed by atoms with van der Waals surface area (Å²) in [5.74, 6) is 0.949. The van der Waals surface area contributed by atoms with E-state index in [4.69, 9.17) is 9.26 Å². The number of fused-ring (bicyclic) bond motifs is 1. The summed E-state index contributed by atoms with van der Waals surface area (Å²) >= 11 is 1.69. The molecule has 25 heavy (non-hydrogen) atoms. The monoisotopic (exact) mass is 365 g/mol. The molecule has 0 amide bonds. The molecule has 1 aliphatic rings. The minimum absolute atomic E-state index is 0.0227. The number of alkyl halides is 2. The fourth-order valence-corrected chi connectivity index (χ4v) is 3.45. The third-order valence-corrected chi connectivity index (χ3v) is 4.66. The Labute approximate surface area is 145 Å². The third-order valence-electron chi connectivity index (χ3n) is 3.72. The van der Waals surface area contributed by atoms with Gasteiger partial charge in [-0.15, -0.1) is 11.3 Å². The number of hydrogen-bond acceptors (Lipinski definition) is 8. The molecule has 1 atom stereocenters. The summed E-state index contributed by atoms with van der Waals surface area (Å²) in [7, 11) is 0. The second-order valence-electron chi connectivity index (χ2n) is 5.44. The molecule has 1 aliphatic heterocycles. The van der Waals surface area contributed by atoms with Crippen LogP contribution >= 0.6 is 11.3 Å². The maximum Gasteiger partial charge on any atom is 0.272 e. The van der Waals surface area contributed by atoms with E-state index in [9.17, 15) is 8.78 Å². The van der Waals surface area contributed by atoms with E-state index in [0.717, 1.165) is 18.7 Å². The number of hydrogen-bond donors (Lipinski definition) is 1. The number of halogens is 2. The summed E-state index contributed by atoms with van der Waals surface area (Å²) in [5, 5.41) is 9.33. The first kappa shape index (κ1) is 15.9. The second kappa shape index (κ2) is 6.71. The van der Waals surface area contributed by atoms with Crippen LogP contribution in [0.1, 0.15) is 16.7 Å². The molecule has 1 N–H and O–H groups in total. The van der Waals surface area contributed by atoms with Gasteiger partial charge in [-0.2, -0.15) is 4.98 Å². The van der Waals surface area contributed by atoms with Crippen LogP contribution in [0, 0.1) is 0 Å². The number of thiophene rings is 1. The topological polar surface area (TPSA) is 86.0 Å². The summed E-state index contributed by atoms with van der Waals surface area (Å²) in [6.45, 7) is -0.00275. The fraction of sp³-hybridized carbons (Fsp3) is 0.333. The van der Waals surface area contributed by atoms with Gasteiger partial charge in [-0.3, -0.25) is 0 Å². The molecule has 3 aromatic rings. The Morgan fingerprint density at radius 2 is 2.28 bits per heavy atom. The van der Waals surface area contributed by atoms with Gasteiger partial charge in [0, 0.05) is 17.1 Å². The van der Waals surface area contributed by atoms with Gasteiger partial charge < -0.3 is 14.6 Å². The molecule has 4 rings (SSSR count). The molecule has 130 valence electrons. The second-order valence-corrected chi connectivity index (χ2v) is 6.44. The van der Waals surface area contributed by atoms with Gasteiger partial charge in [0.1, 0.15) is 5.69 Å². The van der Waals surface area contributed by atoms with Crippen molar-refractivity contribution in [2.45, 2.75) is 18.8 Å². The van der Waals surface area contributed by atoms with Crippen LogP contribution in [-0.2, 0) is 6.42 Å². The van der Waals surface area contributed by atoms with E-state index in [2.05, 4.69) is 31.5 Å². The normalized spacial score (nSPS) is 16.5. The molecule has 0 saturated heterocycles. The van der Waals surface area contributed by atoms with Crippen LogP contribution in [0.2, 0.25) is 0 Å². The first-order chi connectivity index (χ1) is 12.2. The van der Waals surface area contributed by atoms with E-state index >= 15 is 0 Å². The average Bonchev–Trinajstić information content (AvgIpc) is 3.29. The molecule has 3 aromatic heterocycles. The summed E-state index contributed by atoms with van der Waals surface area (Å²) in [5.41, 5.74) is 1.55. The van der Waals surface area contributed by atoms with Crippen LogP contribution in [0.25, 0.3) is 11.5 Å². The highest BCUT2D eigenvalue weighted by Gasteiger charge is 2.26. The van der Waals surface area contributed by atoms with Crippen molar-refractivity contribution in [2.75, 3.05) is 18.5 Å². The molecule has 0 radical (unpaired) electrons. The van der Waals surface area contributed by atoms with Crippen LogP contribution in [0.4, 0.5) is 14.5 Å². The van der Waals surface area contributed by atoms with Crippen LogP contribution < -0.4 is 10.1 Å². The number of nitrogens with one attached hydrogen (secondary N) is 1. The van der Waals surface area contributed by atoms with Gasteiger partial charge in [0.2, 0.25) is 17.6 Å². The molecule has 7 nitrogen and oxygen atoms in total. The number of aromatic nitrogens is 4. The van der Waals surface area contributed by atoms with E-state index in [1.165, 1.54) is 17.3 Å². The van der Waals surface area contributed by atoms with Crippen LogP contribution in [0.3, 0.4) is 0 Å². The Morgan fingerprint density at radius 3 is 3.08 bits per heavy atom. The summed E-state index contributed by atoms with van der Waals surface area (Å²) in [6.07, 6.45) is 0.905. The zero-order valence-corrected chi connectivity index (χ0v) is 13.7. The lowest BCUT2D eigenvalue weighted by molar-refractivity contribution is 0.0794. The van der Waals surface area contributed by atoms with E-state index in [1.807, 2.05) is 5.38 Å². The van der Waals surface area contributed by atoms with Crippen molar-refractivity contribution in [2.24, 2.45) is 0 Å². The minimum atomic E-state index is -2.56. The lowest BCUT2D eigenvalue weighted by Crippen LogP contribution is -2.20. The summed E-state index contributed by atoms with van der Waals surface area (Å²) in [6, 6.07) is 2.06. The van der Waals surface area contributed by atoms with Crippen molar-refractivity contribution >= 4 is 17.0 Å². The van der Waals surface area contributed by atoms with Crippen molar-refractivity contribution in [3.63, 3.8) is 0 Å². The highest BCUT2D eigenvalue weighted by Crippen LogP contribution is 2.33. The SMILES string of the molecule is FC(F)COc1cnc(-c2noc(C3CNc4ccsc4C3)n2)cn1. The molecule has 4 heterocycles. The Morgan fingerprint density at radius 1 is 1.36 bits per heavy atom. The minimum Gasteiger partial charge on any atom is -0.470 e. The van der Waals surface area contributed by atoms with E-state index in [-0.39, 0.29) is 11.8 Å². The molecule has 10 heteroatoms.